The van der Waals surface area contributed by atoms with Crippen molar-refractivity contribution in [2.45, 2.75) is 19.4 Å². The average molecular weight is 296 g/mol. The van der Waals surface area contributed by atoms with Crippen molar-refractivity contribution in [3.63, 3.8) is 0 Å². The van der Waals surface area contributed by atoms with Gasteiger partial charge in [-0.3, -0.25) is 14.4 Å². The quantitative estimate of drug-likeness (QED) is 0.641. The number of benzene rings is 1. The van der Waals surface area contributed by atoms with Crippen LogP contribution in [0.2, 0.25) is 0 Å². The van der Waals surface area contributed by atoms with Crippen molar-refractivity contribution in [1.82, 2.24) is 5.32 Å². The second-order valence-corrected chi connectivity index (χ2v) is 5.41. The van der Waals surface area contributed by atoms with Gasteiger partial charge in [0.1, 0.15) is 0 Å². The third kappa shape index (κ3) is 2.45. The smallest absolute Gasteiger partial charge is 0.244 e. The highest BCUT2D eigenvalue weighted by molar-refractivity contribution is 6.27. The highest BCUT2D eigenvalue weighted by atomic mass is 16.2. The Balaban J connectivity index is 1.83. The normalized spacial score (nSPS) is 23.4. The Morgan fingerprint density at radius 2 is 2.05 bits per heavy atom. The maximum Gasteiger partial charge on any atom is 0.244 e. The molecule has 2 atom stereocenters. The predicted octanol–water partition coefficient (Wildman–Crippen LogP) is 1.50. The minimum absolute atomic E-state index is 0.406. The zero-order valence-electron chi connectivity index (χ0n) is 12.1. The first-order valence-electron chi connectivity index (χ1n) is 7.15. The fourth-order valence-electron chi connectivity index (χ4n) is 2.70. The molecule has 112 valence electrons. The van der Waals surface area contributed by atoms with Crippen LogP contribution in [0.5, 0.6) is 0 Å². The van der Waals surface area contributed by atoms with Gasteiger partial charge >= 0.3 is 0 Å². The molecule has 22 heavy (non-hydrogen) atoms. The van der Waals surface area contributed by atoms with E-state index in [2.05, 4.69) is 10.6 Å². The molecule has 1 aromatic carbocycles. The first-order chi connectivity index (χ1) is 10.6. The van der Waals surface area contributed by atoms with E-state index in [0.29, 0.717) is 17.7 Å². The lowest BCUT2D eigenvalue weighted by Gasteiger charge is -2.29. The van der Waals surface area contributed by atoms with Crippen molar-refractivity contribution in [2.24, 2.45) is 5.92 Å². The lowest BCUT2D eigenvalue weighted by molar-refractivity contribution is -0.140. The minimum atomic E-state index is -1.33. The molecule has 0 spiro atoms. The highest BCUT2D eigenvalue weighted by Crippen LogP contribution is 2.24. The number of para-hydroxylation sites is 1. The molecule has 1 aliphatic carbocycles. The first-order valence-corrected chi connectivity index (χ1v) is 7.15. The Morgan fingerprint density at radius 3 is 2.82 bits per heavy atom. The molecular formula is C17H16N2O3. The molecule has 2 aliphatic rings. The van der Waals surface area contributed by atoms with Crippen molar-refractivity contribution < 1.29 is 14.4 Å². The van der Waals surface area contributed by atoms with Crippen LogP contribution in [0, 0.1) is 12.8 Å². The summed E-state index contributed by atoms with van der Waals surface area (Å²) in [6.45, 7) is 1.85. The van der Waals surface area contributed by atoms with Crippen molar-refractivity contribution in [1.29, 1.82) is 0 Å². The Labute approximate surface area is 128 Å². The largest absolute Gasteiger partial charge is 0.345 e. The number of hydrogen-bond donors (Lipinski definition) is 2. The standard InChI is InChI=1S/C17H16N2O3/c1-10-6-2-4-8-12(10)18-16(21)14-15(20)11-7-3-5-9-13(11)19-17(14)22/h2,4-9,13-14H,3H2,1H3,(H,18,21)(H,19,22). The summed E-state index contributed by atoms with van der Waals surface area (Å²) >= 11 is 0. The summed E-state index contributed by atoms with van der Waals surface area (Å²) < 4.78 is 0. The van der Waals surface area contributed by atoms with Crippen LogP contribution in [-0.4, -0.2) is 23.6 Å². The van der Waals surface area contributed by atoms with Gasteiger partial charge in [0.2, 0.25) is 11.8 Å². The van der Waals surface area contributed by atoms with Crippen molar-refractivity contribution >= 4 is 23.3 Å². The molecule has 1 aromatic rings. The van der Waals surface area contributed by atoms with E-state index in [1.807, 2.05) is 25.1 Å². The van der Waals surface area contributed by atoms with Crippen molar-refractivity contribution in [2.75, 3.05) is 5.32 Å². The summed E-state index contributed by atoms with van der Waals surface area (Å²) in [5, 5.41) is 5.37. The topological polar surface area (TPSA) is 75.3 Å². The van der Waals surface area contributed by atoms with Crippen molar-refractivity contribution in [3.8, 4) is 0 Å². The third-order valence-electron chi connectivity index (χ3n) is 3.91. The fourth-order valence-corrected chi connectivity index (χ4v) is 2.70. The molecule has 5 nitrogen and oxygen atoms in total. The van der Waals surface area contributed by atoms with Crippen LogP contribution in [0.15, 0.2) is 48.1 Å². The van der Waals surface area contributed by atoms with E-state index in [0.717, 1.165) is 5.56 Å². The Morgan fingerprint density at radius 1 is 1.27 bits per heavy atom. The number of allylic oxidation sites excluding steroid dienone is 2. The van der Waals surface area contributed by atoms with E-state index in [9.17, 15) is 14.4 Å². The number of ketones is 1. The van der Waals surface area contributed by atoms with Crippen LogP contribution in [0.4, 0.5) is 5.69 Å². The number of rotatable bonds is 2. The first kappa shape index (κ1) is 14.3. The number of carbonyl (C=O) groups is 3. The van der Waals surface area contributed by atoms with E-state index in [1.54, 1.807) is 24.3 Å². The van der Waals surface area contributed by atoms with Gasteiger partial charge in [-0.1, -0.05) is 36.4 Å². The number of hydrogen-bond acceptors (Lipinski definition) is 3. The van der Waals surface area contributed by atoms with Gasteiger partial charge in [0.25, 0.3) is 0 Å². The molecule has 0 bridgehead atoms. The fraction of sp³-hybridized carbons (Fsp3) is 0.235. The molecular weight excluding hydrogens is 280 g/mol. The molecule has 5 heteroatoms. The van der Waals surface area contributed by atoms with Crippen LogP contribution < -0.4 is 10.6 Å². The van der Waals surface area contributed by atoms with Crippen LogP contribution in [0.1, 0.15) is 12.0 Å². The maximum absolute atomic E-state index is 12.5. The predicted molar refractivity (Wildman–Crippen MR) is 82.1 cm³/mol. The lowest BCUT2D eigenvalue weighted by Crippen LogP contribution is -2.54. The molecule has 0 aromatic heterocycles. The van der Waals surface area contributed by atoms with Crippen LogP contribution in [-0.2, 0) is 14.4 Å². The van der Waals surface area contributed by atoms with E-state index in [4.69, 9.17) is 0 Å². The molecule has 2 unspecified atom stereocenters. The van der Waals surface area contributed by atoms with Gasteiger partial charge < -0.3 is 10.6 Å². The minimum Gasteiger partial charge on any atom is -0.345 e. The van der Waals surface area contributed by atoms with Gasteiger partial charge in [-0.15, -0.1) is 0 Å². The van der Waals surface area contributed by atoms with Gasteiger partial charge in [-0.25, -0.2) is 0 Å². The van der Waals surface area contributed by atoms with E-state index in [1.165, 1.54) is 0 Å². The summed E-state index contributed by atoms with van der Waals surface area (Å²) in [6, 6.07) is 6.83. The number of aryl methyl sites for hydroxylation is 1. The molecule has 3 rings (SSSR count). The molecule has 0 saturated carbocycles. The van der Waals surface area contributed by atoms with E-state index >= 15 is 0 Å². The summed E-state index contributed by atoms with van der Waals surface area (Å²) in [5.41, 5.74) is 1.97. The molecule has 1 saturated heterocycles. The second-order valence-electron chi connectivity index (χ2n) is 5.41. The lowest BCUT2D eigenvalue weighted by atomic mass is 9.84. The van der Waals surface area contributed by atoms with Crippen LogP contribution in [0.3, 0.4) is 0 Å². The zero-order chi connectivity index (χ0) is 15.7. The molecule has 2 amide bonds. The van der Waals surface area contributed by atoms with Gasteiger partial charge in [0.15, 0.2) is 11.7 Å². The summed E-state index contributed by atoms with van der Waals surface area (Å²) in [5.74, 6) is -2.88. The summed E-state index contributed by atoms with van der Waals surface area (Å²) in [4.78, 5) is 37.0. The average Bonchev–Trinajstić information content (AvgIpc) is 2.49. The summed E-state index contributed by atoms with van der Waals surface area (Å²) in [6.07, 6.45) is 6.07. The highest BCUT2D eigenvalue weighted by Gasteiger charge is 2.43. The number of carbonyl (C=O) groups excluding carboxylic acids is 3. The maximum atomic E-state index is 12.5. The Bertz CT molecular complexity index is 718. The van der Waals surface area contributed by atoms with Crippen LogP contribution in [0.25, 0.3) is 0 Å². The second kappa shape index (κ2) is 5.60. The molecule has 0 radical (unpaired) electrons. The van der Waals surface area contributed by atoms with Gasteiger partial charge in [-0.2, -0.15) is 0 Å². The molecule has 1 heterocycles. The number of Topliss-reactive ketones (excluding diaryl/α,β-unsaturated/α-hetero) is 1. The van der Waals surface area contributed by atoms with Crippen molar-refractivity contribution in [3.05, 3.63) is 53.6 Å². The SMILES string of the molecule is Cc1ccccc1NC(=O)C1C(=O)NC2C=CCC=C2C1=O. The van der Waals surface area contributed by atoms with Gasteiger partial charge in [-0.05, 0) is 25.0 Å². The number of fused-ring (bicyclic) bond motifs is 1. The Hall–Kier alpha value is -2.69. The third-order valence-corrected chi connectivity index (χ3v) is 3.91. The molecule has 1 fully saturated rings. The zero-order valence-corrected chi connectivity index (χ0v) is 12.1. The number of anilines is 1. The number of piperidine rings is 1. The summed E-state index contributed by atoms with van der Waals surface area (Å²) in [7, 11) is 0. The number of nitrogens with one attached hydrogen (secondary N) is 2. The molecule has 2 N–H and O–H groups in total. The van der Waals surface area contributed by atoms with Crippen LogP contribution >= 0.6 is 0 Å². The number of amides is 2. The van der Waals surface area contributed by atoms with Gasteiger partial charge in [0, 0.05) is 11.3 Å². The monoisotopic (exact) mass is 296 g/mol. The Kier molecular flexibility index (Phi) is 3.63. The van der Waals surface area contributed by atoms with E-state index in [-0.39, 0.29) is 0 Å². The van der Waals surface area contributed by atoms with Gasteiger partial charge in [0.05, 0.1) is 6.04 Å². The molecule has 1 aliphatic heterocycles. The van der Waals surface area contributed by atoms with E-state index < -0.39 is 29.6 Å².